The molecule has 72 valence electrons. The predicted molar refractivity (Wildman–Crippen MR) is 53.1 cm³/mol. The summed E-state index contributed by atoms with van der Waals surface area (Å²) in [6.07, 6.45) is 0. The summed E-state index contributed by atoms with van der Waals surface area (Å²) in [5, 5.41) is 18.5. The Morgan fingerprint density at radius 1 is 1.31 bits per heavy atom. The van der Waals surface area contributed by atoms with Gasteiger partial charge in [0, 0.05) is 14.1 Å². The van der Waals surface area contributed by atoms with Gasteiger partial charge in [0.2, 0.25) is 0 Å². The van der Waals surface area contributed by atoms with Crippen molar-refractivity contribution >= 4 is 5.69 Å². The Labute approximate surface area is 78.2 Å². The standard InChI is InChI=1S/C10H15NO2/c1-7-4-9(11(2)3)10(13)5-8(7)6-12/h4-5,12-13H,6H2,1-3H3. The van der Waals surface area contributed by atoms with E-state index in [0.717, 1.165) is 16.8 Å². The third-order valence-electron chi connectivity index (χ3n) is 2.09. The topological polar surface area (TPSA) is 43.7 Å². The average molecular weight is 181 g/mol. The number of phenolic OH excluding ortho intramolecular Hbond substituents is 1. The molecule has 0 saturated carbocycles. The minimum atomic E-state index is -0.0346. The zero-order valence-corrected chi connectivity index (χ0v) is 8.20. The summed E-state index contributed by atoms with van der Waals surface area (Å²) in [6, 6.07) is 3.46. The normalized spacial score (nSPS) is 10.2. The fourth-order valence-corrected chi connectivity index (χ4v) is 1.25. The molecule has 0 aliphatic heterocycles. The number of hydrogen-bond donors (Lipinski definition) is 2. The molecule has 0 heterocycles. The summed E-state index contributed by atoms with van der Waals surface area (Å²) in [7, 11) is 3.74. The second-order valence-electron chi connectivity index (χ2n) is 3.32. The predicted octanol–water partition coefficient (Wildman–Crippen LogP) is 1.26. The number of benzene rings is 1. The van der Waals surface area contributed by atoms with Crippen LogP contribution in [-0.2, 0) is 6.61 Å². The molecule has 0 bridgehead atoms. The Morgan fingerprint density at radius 2 is 1.92 bits per heavy atom. The van der Waals surface area contributed by atoms with E-state index in [0.29, 0.717) is 0 Å². The number of aromatic hydroxyl groups is 1. The number of anilines is 1. The van der Waals surface area contributed by atoms with Crippen molar-refractivity contribution in [1.82, 2.24) is 0 Å². The SMILES string of the molecule is Cc1cc(N(C)C)c(O)cc1CO. The smallest absolute Gasteiger partial charge is 0.139 e. The Bertz CT molecular complexity index is 308. The average Bonchev–Trinajstić information content (AvgIpc) is 2.07. The van der Waals surface area contributed by atoms with Crippen LogP contribution in [0.15, 0.2) is 12.1 Å². The van der Waals surface area contributed by atoms with Gasteiger partial charge in [0.1, 0.15) is 5.75 Å². The quantitative estimate of drug-likeness (QED) is 0.722. The highest BCUT2D eigenvalue weighted by molar-refractivity contribution is 5.60. The van der Waals surface area contributed by atoms with Crippen LogP contribution < -0.4 is 4.90 Å². The molecule has 0 amide bonds. The van der Waals surface area contributed by atoms with Gasteiger partial charge in [0.05, 0.1) is 12.3 Å². The van der Waals surface area contributed by atoms with E-state index >= 15 is 0 Å². The van der Waals surface area contributed by atoms with E-state index in [1.165, 1.54) is 0 Å². The molecule has 0 aliphatic rings. The second kappa shape index (κ2) is 3.66. The number of rotatable bonds is 2. The summed E-state index contributed by atoms with van der Waals surface area (Å²) in [4.78, 5) is 1.84. The van der Waals surface area contributed by atoms with Crippen molar-refractivity contribution in [3.8, 4) is 5.75 Å². The van der Waals surface area contributed by atoms with Gasteiger partial charge >= 0.3 is 0 Å². The molecule has 0 spiro atoms. The van der Waals surface area contributed by atoms with Crippen molar-refractivity contribution in [2.75, 3.05) is 19.0 Å². The number of hydrogen-bond acceptors (Lipinski definition) is 3. The molecule has 0 saturated heterocycles. The molecule has 0 unspecified atom stereocenters. The first-order valence-electron chi connectivity index (χ1n) is 4.17. The van der Waals surface area contributed by atoms with Crippen LogP contribution in [0.1, 0.15) is 11.1 Å². The number of phenols is 1. The number of aliphatic hydroxyl groups excluding tert-OH is 1. The zero-order chi connectivity index (χ0) is 10.0. The zero-order valence-electron chi connectivity index (χ0n) is 8.20. The molecule has 1 rings (SSSR count). The molecular formula is C10H15NO2. The molecule has 0 aliphatic carbocycles. The van der Waals surface area contributed by atoms with E-state index < -0.39 is 0 Å². The van der Waals surface area contributed by atoms with Crippen LogP contribution >= 0.6 is 0 Å². The van der Waals surface area contributed by atoms with Crippen LogP contribution in [0.4, 0.5) is 5.69 Å². The Hall–Kier alpha value is -1.22. The van der Waals surface area contributed by atoms with Crippen LogP contribution in [-0.4, -0.2) is 24.3 Å². The van der Waals surface area contributed by atoms with E-state index in [-0.39, 0.29) is 12.4 Å². The van der Waals surface area contributed by atoms with Crippen LogP contribution in [0.5, 0.6) is 5.75 Å². The van der Waals surface area contributed by atoms with Crippen molar-refractivity contribution in [1.29, 1.82) is 0 Å². The molecule has 1 aromatic carbocycles. The van der Waals surface area contributed by atoms with Crippen molar-refractivity contribution in [3.05, 3.63) is 23.3 Å². The first-order chi connectivity index (χ1) is 6.06. The van der Waals surface area contributed by atoms with Gasteiger partial charge in [-0.3, -0.25) is 0 Å². The maximum absolute atomic E-state index is 9.56. The Kier molecular flexibility index (Phi) is 2.78. The van der Waals surface area contributed by atoms with Gasteiger partial charge in [-0.25, -0.2) is 0 Å². The first kappa shape index (κ1) is 9.86. The maximum atomic E-state index is 9.56. The summed E-state index contributed by atoms with van der Waals surface area (Å²) in [5.74, 6) is 0.208. The van der Waals surface area contributed by atoms with E-state index in [4.69, 9.17) is 5.11 Å². The lowest BCUT2D eigenvalue weighted by Crippen LogP contribution is -2.09. The Morgan fingerprint density at radius 3 is 2.38 bits per heavy atom. The van der Waals surface area contributed by atoms with Gasteiger partial charge in [-0.05, 0) is 30.2 Å². The van der Waals surface area contributed by atoms with Crippen LogP contribution in [0.25, 0.3) is 0 Å². The van der Waals surface area contributed by atoms with Gasteiger partial charge in [-0.15, -0.1) is 0 Å². The lowest BCUT2D eigenvalue weighted by Gasteiger charge is -2.16. The maximum Gasteiger partial charge on any atom is 0.139 e. The van der Waals surface area contributed by atoms with E-state index in [1.807, 2.05) is 32.0 Å². The van der Waals surface area contributed by atoms with Gasteiger partial charge in [-0.1, -0.05) is 0 Å². The monoisotopic (exact) mass is 181 g/mol. The minimum absolute atomic E-state index is 0.0346. The molecule has 0 atom stereocenters. The fourth-order valence-electron chi connectivity index (χ4n) is 1.25. The highest BCUT2D eigenvalue weighted by Gasteiger charge is 2.06. The molecule has 1 aromatic rings. The van der Waals surface area contributed by atoms with Crippen LogP contribution in [0.2, 0.25) is 0 Å². The van der Waals surface area contributed by atoms with Crippen molar-refractivity contribution in [2.24, 2.45) is 0 Å². The van der Waals surface area contributed by atoms with Crippen molar-refractivity contribution in [2.45, 2.75) is 13.5 Å². The van der Waals surface area contributed by atoms with Crippen LogP contribution in [0, 0.1) is 6.92 Å². The molecule has 3 heteroatoms. The minimum Gasteiger partial charge on any atom is -0.506 e. The van der Waals surface area contributed by atoms with Crippen molar-refractivity contribution < 1.29 is 10.2 Å². The molecule has 0 fully saturated rings. The van der Waals surface area contributed by atoms with Gasteiger partial charge < -0.3 is 15.1 Å². The van der Waals surface area contributed by atoms with Crippen molar-refractivity contribution in [3.63, 3.8) is 0 Å². The summed E-state index contributed by atoms with van der Waals surface area (Å²) >= 11 is 0. The molecular weight excluding hydrogens is 166 g/mol. The lowest BCUT2D eigenvalue weighted by atomic mass is 10.1. The van der Waals surface area contributed by atoms with Gasteiger partial charge in [-0.2, -0.15) is 0 Å². The lowest BCUT2D eigenvalue weighted by molar-refractivity contribution is 0.280. The number of aliphatic hydroxyl groups is 1. The second-order valence-corrected chi connectivity index (χ2v) is 3.32. The molecule has 0 radical (unpaired) electrons. The largest absolute Gasteiger partial charge is 0.506 e. The summed E-state index contributed by atoms with van der Waals surface area (Å²) in [6.45, 7) is 1.88. The highest BCUT2D eigenvalue weighted by Crippen LogP contribution is 2.28. The fraction of sp³-hybridized carbons (Fsp3) is 0.400. The van der Waals surface area contributed by atoms with E-state index in [2.05, 4.69) is 0 Å². The third kappa shape index (κ3) is 1.92. The molecule has 13 heavy (non-hydrogen) atoms. The summed E-state index contributed by atoms with van der Waals surface area (Å²) < 4.78 is 0. The van der Waals surface area contributed by atoms with E-state index in [9.17, 15) is 5.11 Å². The van der Waals surface area contributed by atoms with Crippen LogP contribution in [0.3, 0.4) is 0 Å². The van der Waals surface area contributed by atoms with E-state index in [1.54, 1.807) is 6.07 Å². The third-order valence-corrected chi connectivity index (χ3v) is 2.09. The molecule has 0 aromatic heterocycles. The van der Waals surface area contributed by atoms with Gasteiger partial charge in [0.15, 0.2) is 0 Å². The highest BCUT2D eigenvalue weighted by atomic mass is 16.3. The molecule has 2 N–H and O–H groups in total. The Balaban J connectivity index is 3.20. The first-order valence-corrected chi connectivity index (χ1v) is 4.17. The number of aryl methyl sites for hydroxylation is 1. The van der Waals surface area contributed by atoms with Gasteiger partial charge in [0.25, 0.3) is 0 Å². The summed E-state index contributed by atoms with van der Waals surface area (Å²) in [5.41, 5.74) is 2.53. The molecule has 3 nitrogen and oxygen atoms in total. The number of nitrogens with zero attached hydrogens (tertiary/aromatic N) is 1.